The number of ether oxygens (including phenoxy) is 1. The van der Waals surface area contributed by atoms with Crippen molar-refractivity contribution in [2.45, 2.75) is 18.4 Å². The first kappa shape index (κ1) is 14.9. The molecule has 20 heavy (non-hydrogen) atoms. The molecule has 0 aliphatic heterocycles. The molecule has 0 radical (unpaired) electrons. The van der Waals surface area contributed by atoms with E-state index >= 15 is 0 Å². The van der Waals surface area contributed by atoms with Gasteiger partial charge in [-0.2, -0.15) is 0 Å². The minimum Gasteiger partial charge on any atom is -0.493 e. The second kappa shape index (κ2) is 8.67. The molecule has 0 heterocycles. The Morgan fingerprint density at radius 3 is 2.70 bits per heavy atom. The van der Waals surface area contributed by atoms with Crippen molar-refractivity contribution in [2.24, 2.45) is 0 Å². The van der Waals surface area contributed by atoms with Gasteiger partial charge in [0.05, 0.1) is 6.61 Å². The molecular formula is C17H21NOS. The molecule has 2 aromatic rings. The molecule has 1 N–H and O–H groups in total. The maximum absolute atomic E-state index is 5.80. The summed E-state index contributed by atoms with van der Waals surface area (Å²) in [5.74, 6) is 1.91. The van der Waals surface area contributed by atoms with Crippen LogP contribution in [0.3, 0.4) is 0 Å². The van der Waals surface area contributed by atoms with Gasteiger partial charge in [-0.15, -0.1) is 11.8 Å². The molecule has 0 amide bonds. The lowest BCUT2D eigenvalue weighted by atomic mass is 10.2. The number of nitrogens with one attached hydrogen (secondary N) is 1. The van der Waals surface area contributed by atoms with Gasteiger partial charge in [0.25, 0.3) is 0 Å². The Kier molecular flexibility index (Phi) is 6.48. The fourth-order valence-electron chi connectivity index (χ4n) is 1.85. The van der Waals surface area contributed by atoms with Gasteiger partial charge in [-0.05, 0) is 36.4 Å². The van der Waals surface area contributed by atoms with Crippen LogP contribution in [0, 0.1) is 0 Å². The molecule has 0 spiro atoms. The number of hydrogen-bond acceptors (Lipinski definition) is 3. The van der Waals surface area contributed by atoms with Gasteiger partial charge >= 0.3 is 0 Å². The summed E-state index contributed by atoms with van der Waals surface area (Å²) < 4.78 is 5.80. The third-order valence-electron chi connectivity index (χ3n) is 2.84. The van der Waals surface area contributed by atoms with E-state index in [4.69, 9.17) is 4.74 Å². The van der Waals surface area contributed by atoms with Gasteiger partial charge in [-0.1, -0.05) is 37.3 Å². The molecule has 0 unspecified atom stereocenters. The molecule has 0 saturated carbocycles. The van der Waals surface area contributed by atoms with Crippen molar-refractivity contribution < 1.29 is 4.74 Å². The Bertz CT molecular complexity index is 501. The topological polar surface area (TPSA) is 21.3 Å². The second-order valence-corrected chi connectivity index (χ2v) is 5.61. The summed E-state index contributed by atoms with van der Waals surface area (Å²) in [5.41, 5.74) is 1.26. The van der Waals surface area contributed by atoms with Crippen LogP contribution in [0.15, 0.2) is 59.5 Å². The Hall–Kier alpha value is -1.45. The molecule has 0 aliphatic rings. The quantitative estimate of drug-likeness (QED) is 0.586. The summed E-state index contributed by atoms with van der Waals surface area (Å²) in [6.45, 7) is 4.72. The lowest BCUT2D eigenvalue weighted by molar-refractivity contribution is 0.343. The van der Waals surface area contributed by atoms with Crippen LogP contribution >= 0.6 is 11.8 Å². The van der Waals surface area contributed by atoms with E-state index in [9.17, 15) is 0 Å². The molecule has 0 aromatic heterocycles. The maximum Gasteiger partial charge on any atom is 0.119 e. The zero-order valence-electron chi connectivity index (χ0n) is 11.8. The number of benzene rings is 2. The molecule has 0 fully saturated rings. The lowest BCUT2D eigenvalue weighted by Crippen LogP contribution is -2.11. The molecule has 3 heteroatoms. The highest BCUT2D eigenvalue weighted by Crippen LogP contribution is 2.18. The van der Waals surface area contributed by atoms with Crippen LogP contribution in [0.25, 0.3) is 0 Å². The first-order chi connectivity index (χ1) is 9.88. The van der Waals surface area contributed by atoms with E-state index in [-0.39, 0.29) is 0 Å². The maximum atomic E-state index is 5.80. The Labute approximate surface area is 125 Å². The highest BCUT2D eigenvalue weighted by molar-refractivity contribution is 7.99. The van der Waals surface area contributed by atoms with Crippen LogP contribution in [-0.2, 0) is 6.54 Å². The van der Waals surface area contributed by atoms with Gasteiger partial charge in [0, 0.05) is 17.2 Å². The van der Waals surface area contributed by atoms with E-state index in [1.807, 2.05) is 30.0 Å². The minimum absolute atomic E-state index is 0.726. The SMILES string of the molecule is CCNCc1cccc(OCCSc2ccccc2)c1. The summed E-state index contributed by atoms with van der Waals surface area (Å²) in [5, 5.41) is 3.32. The lowest BCUT2D eigenvalue weighted by Gasteiger charge is -2.08. The zero-order chi connectivity index (χ0) is 14.0. The van der Waals surface area contributed by atoms with Crippen LogP contribution in [0.1, 0.15) is 12.5 Å². The van der Waals surface area contributed by atoms with Crippen molar-refractivity contribution in [1.82, 2.24) is 5.32 Å². The fourth-order valence-corrected chi connectivity index (χ4v) is 2.60. The molecule has 0 atom stereocenters. The molecule has 2 rings (SSSR count). The van der Waals surface area contributed by atoms with Gasteiger partial charge in [-0.25, -0.2) is 0 Å². The minimum atomic E-state index is 0.726. The van der Waals surface area contributed by atoms with Gasteiger partial charge in [0.15, 0.2) is 0 Å². The van der Waals surface area contributed by atoms with Crippen molar-refractivity contribution in [1.29, 1.82) is 0 Å². The van der Waals surface area contributed by atoms with Gasteiger partial charge in [-0.3, -0.25) is 0 Å². The van der Waals surface area contributed by atoms with Crippen LogP contribution in [0.5, 0.6) is 5.75 Å². The van der Waals surface area contributed by atoms with E-state index in [0.717, 1.165) is 31.2 Å². The summed E-state index contributed by atoms with van der Waals surface area (Å²) in [6, 6.07) is 18.7. The summed E-state index contributed by atoms with van der Waals surface area (Å²) in [6.07, 6.45) is 0. The molecule has 0 saturated heterocycles. The Balaban J connectivity index is 1.73. The van der Waals surface area contributed by atoms with Crippen molar-refractivity contribution in [3.63, 3.8) is 0 Å². The molecule has 0 bridgehead atoms. The Morgan fingerprint density at radius 1 is 1.05 bits per heavy atom. The van der Waals surface area contributed by atoms with Crippen molar-refractivity contribution in [2.75, 3.05) is 18.9 Å². The molecule has 0 aliphatic carbocycles. The third kappa shape index (κ3) is 5.27. The van der Waals surface area contributed by atoms with Crippen molar-refractivity contribution in [3.8, 4) is 5.75 Å². The first-order valence-electron chi connectivity index (χ1n) is 6.99. The standard InChI is InChI=1S/C17H21NOS/c1-2-18-14-15-7-6-8-16(13-15)19-11-12-20-17-9-4-3-5-10-17/h3-10,13,18H,2,11-12,14H2,1H3. The molecule has 2 nitrogen and oxygen atoms in total. The zero-order valence-corrected chi connectivity index (χ0v) is 12.7. The van der Waals surface area contributed by atoms with E-state index < -0.39 is 0 Å². The average molecular weight is 287 g/mol. The Morgan fingerprint density at radius 2 is 1.90 bits per heavy atom. The third-order valence-corrected chi connectivity index (χ3v) is 3.82. The highest BCUT2D eigenvalue weighted by Gasteiger charge is 1.98. The van der Waals surface area contributed by atoms with Gasteiger partial charge < -0.3 is 10.1 Å². The van der Waals surface area contributed by atoms with E-state index in [1.165, 1.54) is 10.5 Å². The molecule has 2 aromatic carbocycles. The van der Waals surface area contributed by atoms with Crippen molar-refractivity contribution >= 4 is 11.8 Å². The summed E-state index contributed by atoms with van der Waals surface area (Å²) in [4.78, 5) is 1.29. The van der Waals surface area contributed by atoms with Crippen LogP contribution in [0.4, 0.5) is 0 Å². The highest BCUT2D eigenvalue weighted by atomic mass is 32.2. The largest absolute Gasteiger partial charge is 0.493 e. The fraction of sp³-hybridized carbons (Fsp3) is 0.294. The summed E-state index contributed by atoms with van der Waals surface area (Å²) >= 11 is 1.82. The number of rotatable bonds is 8. The van der Waals surface area contributed by atoms with E-state index in [2.05, 4.69) is 48.6 Å². The van der Waals surface area contributed by atoms with Crippen LogP contribution < -0.4 is 10.1 Å². The molecular weight excluding hydrogens is 266 g/mol. The average Bonchev–Trinajstić information content (AvgIpc) is 2.51. The second-order valence-electron chi connectivity index (χ2n) is 4.44. The number of thioether (sulfide) groups is 1. The first-order valence-corrected chi connectivity index (χ1v) is 7.97. The van der Waals surface area contributed by atoms with E-state index in [1.54, 1.807) is 0 Å². The predicted octanol–water partition coefficient (Wildman–Crippen LogP) is 3.97. The van der Waals surface area contributed by atoms with Gasteiger partial charge in [0.2, 0.25) is 0 Å². The van der Waals surface area contributed by atoms with Crippen LogP contribution in [0.2, 0.25) is 0 Å². The molecule has 106 valence electrons. The number of hydrogen-bond donors (Lipinski definition) is 1. The predicted molar refractivity (Wildman–Crippen MR) is 86.5 cm³/mol. The monoisotopic (exact) mass is 287 g/mol. The van der Waals surface area contributed by atoms with Crippen molar-refractivity contribution in [3.05, 3.63) is 60.2 Å². The van der Waals surface area contributed by atoms with Gasteiger partial charge in [0.1, 0.15) is 5.75 Å². The van der Waals surface area contributed by atoms with Crippen LogP contribution in [-0.4, -0.2) is 18.9 Å². The smallest absolute Gasteiger partial charge is 0.119 e. The van der Waals surface area contributed by atoms with E-state index in [0.29, 0.717) is 0 Å². The normalized spacial score (nSPS) is 10.4. The summed E-state index contributed by atoms with van der Waals surface area (Å²) in [7, 11) is 0.